The lowest BCUT2D eigenvalue weighted by molar-refractivity contribution is -0.138. The Morgan fingerprint density at radius 1 is 1.12 bits per heavy atom. The van der Waals surface area contributed by atoms with Crippen LogP contribution < -0.4 is 4.74 Å². The summed E-state index contributed by atoms with van der Waals surface area (Å²) in [5.41, 5.74) is 0.603. The van der Waals surface area contributed by atoms with Crippen molar-refractivity contribution in [3.63, 3.8) is 0 Å². The first-order valence-corrected chi connectivity index (χ1v) is 10.3. The van der Waals surface area contributed by atoms with Crippen LogP contribution in [0.5, 0.6) is 6.01 Å². The first-order valence-electron chi connectivity index (χ1n) is 10.3. The topological polar surface area (TPSA) is 57.4 Å². The summed E-state index contributed by atoms with van der Waals surface area (Å²) in [5, 5.41) is 0.935. The predicted octanol–water partition coefficient (Wildman–Crippen LogP) is 5.81. The Morgan fingerprint density at radius 3 is 2.62 bits per heavy atom. The minimum absolute atomic E-state index is 0.329. The molecule has 3 rings (SSSR count). The van der Waals surface area contributed by atoms with Crippen molar-refractivity contribution in [1.82, 2.24) is 9.97 Å². The van der Waals surface area contributed by atoms with E-state index in [-0.39, 0.29) is 0 Å². The summed E-state index contributed by atoms with van der Waals surface area (Å²) < 4.78 is 17.4. The van der Waals surface area contributed by atoms with Crippen LogP contribution in [0, 0.1) is 0 Å². The van der Waals surface area contributed by atoms with E-state index in [0.717, 1.165) is 43.4 Å². The van der Waals surface area contributed by atoms with Crippen molar-refractivity contribution < 1.29 is 13.9 Å². The molecular formula is C21H32N2O3. The Morgan fingerprint density at radius 2 is 1.88 bits per heavy atom. The number of hydrogen-bond acceptors (Lipinski definition) is 5. The molecule has 2 aromatic rings. The summed E-state index contributed by atoms with van der Waals surface area (Å²) in [6, 6.07) is 2.38. The number of aryl methyl sites for hydroxylation is 1. The average Bonchev–Trinajstić information content (AvgIpc) is 3.23. The summed E-state index contributed by atoms with van der Waals surface area (Å²) in [5.74, 6) is 0.376. The maximum Gasteiger partial charge on any atom is 0.322 e. The molecule has 1 unspecified atom stereocenters. The second-order valence-electron chi connectivity index (χ2n) is 7.54. The van der Waals surface area contributed by atoms with Gasteiger partial charge in [0.25, 0.3) is 0 Å². The highest BCUT2D eigenvalue weighted by Gasteiger charge is 2.33. The summed E-state index contributed by atoms with van der Waals surface area (Å²) in [4.78, 5) is 8.71. The van der Waals surface area contributed by atoms with Gasteiger partial charge in [0.2, 0.25) is 11.5 Å². The smallest absolute Gasteiger partial charge is 0.322 e. The van der Waals surface area contributed by atoms with Gasteiger partial charge in [0.15, 0.2) is 0 Å². The Balaban J connectivity index is 1.45. The van der Waals surface area contributed by atoms with Crippen LogP contribution in [0.25, 0.3) is 11.1 Å². The van der Waals surface area contributed by atoms with Crippen LogP contribution in [0.2, 0.25) is 0 Å². The maximum atomic E-state index is 5.89. The van der Waals surface area contributed by atoms with Gasteiger partial charge in [-0.15, -0.1) is 0 Å². The zero-order chi connectivity index (χ0) is 18.2. The highest BCUT2D eigenvalue weighted by Crippen LogP contribution is 2.28. The van der Waals surface area contributed by atoms with Gasteiger partial charge < -0.3 is 13.9 Å². The molecule has 0 bridgehead atoms. The van der Waals surface area contributed by atoms with E-state index in [1.165, 1.54) is 44.9 Å². The van der Waals surface area contributed by atoms with Crippen molar-refractivity contribution in [1.29, 1.82) is 0 Å². The van der Waals surface area contributed by atoms with Crippen molar-refractivity contribution in [2.45, 2.75) is 90.3 Å². The van der Waals surface area contributed by atoms with E-state index < -0.39 is 5.79 Å². The van der Waals surface area contributed by atoms with Gasteiger partial charge in [0.1, 0.15) is 5.76 Å². The summed E-state index contributed by atoms with van der Waals surface area (Å²) in [6.45, 7) is 4.92. The molecule has 0 spiro atoms. The van der Waals surface area contributed by atoms with Crippen LogP contribution in [0.15, 0.2) is 16.7 Å². The normalized spacial score (nSPS) is 20.1. The van der Waals surface area contributed by atoms with Crippen LogP contribution in [-0.2, 0) is 11.2 Å². The molecule has 3 heterocycles. The molecule has 0 saturated carbocycles. The summed E-state index contributed by atoms with van der Waals surface area (Å²) in [7, 11) is 0. The quantitative estimate of drug-likeness (QED) is 0.473. The van der Waals surface area contributed by atoms with Crippen molar-refractivity contribution in [2.75, 3.05) is 6.61 Å². The zero-order valence-corrected chi connectivity index (χ0v) is 16.3. The summed E-state index contributed by atoms with van der Waals surface area (Å²) >= 11 is 0. The minimum Gasteiger partial charge on any atom is -0.443 e. The number of rotatable bonds is 11. The SMILES string of the molecule is CCCCCCCCCCc1cc2cnc(OC3(C)CCCO3)nc2o1. The average molecular weight is 360 g/mol. The Labute approximate surface area is 156 Å². The van der Waals surface area contributed by atoms with Crippen LogP contribution in [0.1, 0.15) is 83.8 Å². The molecule has 1 aliphatic rings. The number of nitrogens with zero attached hydrogens (tertiary/aromatic N) is 2. The fourth-order valence-electron chi connectivity index (χ4n) is 3.50. The van der Waals surface area contributed by atoms with E-state index in [4.69, 9.17) is 13.9 Å². The van der Waals surface area contributed by atoms with Crippen LogP contribution >= 0.6 is 0 Å². The summed E-state index contributed by atoms with van der Waals surface area (Å²) in [6.07, 6.45) is 15.1. The minimum atomic E-state index is -0.611. The Kier molecular flexibility index (Phi) is 6.89. The molecule has 5 nitrogen and oxygen atoms in total. The van der Waals surface area contributed by atoms with Crippen molar-refractivity contribution >= 4 is 11.1 Å². The third-order valence-corrected chi connectivity index (χ3v) is 5.07. The molecule has 1 fully saturated rings. The molecule has 1 atom stereocenters. The van der Waals surface area contributed by atoms with Gasteiger partial charge in [-0.25, -0.2) is 4.98 Å². The molecule has 2 aromatic heterocycles. The fraction of sp³-hybridized carbons (Fsp3) is 0.714. The highest BCUT2D eigenvalue weighted by molar-refractivity contribution is 5.73. The third kappa shape index (κ3) is 5.44. The van der Waals surface area contributed by atoms with Crippen molar-refractivity contribution in [3.8, 4) is 6.01 Å². The lowest BCUT2D eigenvalue weighted by Gasteiger charge is -2.22. The van der Waals surface area contributed by atoms with Gasteiger partial charge in [-0.05, 0) is 18.9 Å². The van der Waals surface area contributed by atoms with Crippen LogP contribution in [0.4, 0.5) is 0 Å². The van der Waals surface area contributed by atoms with E-state index in [0.29, 0.717) is 11.7 Å². The number of hydrogen-bond donors (Lipinski definition) is 0. The van der Waals surface area contributed by atoms with Gasteiger partial charge in [0.05, 0.1) is 12.0 Å². The number of ether oxygens (including phenoxy) is 2. The largest absolute Gasteiger partial charge is 0.443 e. The van der Waals surface area contributed by atoms with E-state index >= 15 is 0 Å². The molecule has 1 saturated heterocycles. The van der Waals surface area contributed by atoms with E-state index in [1.807, 2.05) is 13.0 Å². The van der Waals surface area contributed by atoms with Gasteiger partial charge in [-0.2, -0.15) is 4.98 Å². The number of aromatic nitrogens is 2. The monoisotopic (exact) mass is 360 g/mol. The first kappa shape index (κ1) is 19.2. The molecule has 0 amide bonds. The molecule has 0 radical (unpaired) electrons. The fourth-order valence-corrected chi connectivity index (χ4v) is 3.50. The first-order chi connectivity index (χ1) is 12.7. The van der Waals surface area contributed by atoms with Crippen LogP contribution in [0.3, 0.4) is 0 Å². The van der Waals surface area contributed by atoms with Crippen molar-refractivity contribution in [2.24, 2.45) is 0 Å². The van der Waals surface area contributed by atoms with Gasteiger partial charge in [0, 0.05) is 26.0 Å². The van der Waals surface area contributed by atoms with Gasteiger partial charge in [-0.1, -0.05) is 51.9 Å². The Hall–Kier alpha value is -1.62. The number of fused-ring (bicyclic) bond motifs is 1. The zero-order valence-electron chi connectivity index (χ0n) is 16.3. The molecule has 0 aromatic carbocycles. The lowest BCUT2D eigenvalue weighted by Crippen LogP contribution is -2.31. The second-order valence-corrected chi connectivity index (χ2v) is 7.54. The maximum absolute atomic E-state index is 5.89. The molecule has 5 heteroatoms. The van der Waals surface area contributed by atoms with Crippen molar-refractivity contribution in [3.05, 3.63) is 18.0 Å². The molecule has 0 aliphatic carbocycles. The van der Waals surface area contributed by atoms with E-state index in [2.05, 4.69) is 16.9 Å². The standard InChI is InChI=1S/C21H32N2O3/c1-3-4-5-6-7-8-9-10-12-18-15-17-16-22-20(23-19(17)25-18)26-21(2)13-11-14-24-21/h15-16H,3-14H2,1-2H3. The van der Waals surface area contributed by atoms with Gasteiger partial charge in [-0.3, -0.25) is 0 Å². The Bertz CT molecular complexity index is 677. The predicted molar refractivity (Wildman–Crippen MR) is 102 cm³/mol. The molecule has 1 aliphatic heterocycles. The van der Waals surface area contributed by atoms with Crippen LogP contribution in [-0.4, -0.2) is 22.4 Å². The molecular weight excluding hydrogens is 328 g/mol. The second kappa shape index (κ2) is 9.36. The van der Waals surface area contributed by atoms with E-state index in [1.54, 1.807) is 6.20 Å². The highest BCUT2D eigenvalue weighted by atomic mass is 16.7. The lowest BCUT2D eigenvalue weighted by atomic mass is 10.1. The molecule has 144 valence electrons. The molecule has 26 heavy (non-hydrogen) atoms. The van der Waals surface area contributed by atoms with Gasteiger partial charge >= 0.3 is 6.01 Å². The van der Waals surface area contributed by atoms with E-state index in [9.17, 15) is 0 Å². The number of furan rings is 1. The third-order valence-electron chi connectivity index (χ3n) is 5.07. The molecule has 0 N–H and O–H groups in total. The number of unbranched alkanes of at least 4 members (excludes halogenated alkanes) is 7.